The molecule has 0 aliphatic carbocycles. The summed E-state index contributed by atoms with van der Waals surface area (Å²) in [6.07, 6.45) is -10.1. The van der Waals surface area contributed by atoms with E-state index in [2.05, 4.69) is 9.97 Å². The summed E-state index contributed by atoms with van der Waals surface area (Å²) in [5.41, 5.74) is -5.37. The van der Waals surface area contributed by atoms with Crippen LogP contribution in [0, 0.1) is 0 Å². The van der Waals surface area contributed by atoms with Crippen molar-refractivity contribution in [1.29, 1.82) is 0 Å². The van der Waals surface area contributed by atoms with Gasteiger partial charge in [0.25, 0.3) is 5.56 Å². The number of benzene rings is 2. The topological polar surface area (TPSA) is 83.0 Å². The summed E-state index contributed by atoms with van der Waals surface area (Å²) in [6, 6.07) is 4.37. The summed E-state index contributed by atoms with van der Waals surface area (Å²) >= 11 is 0. The zero-order valence-corrected chi connectivity index (χ0v) is 13.4. The van der Waals surface area contributed by atoms with Crippen LogP contribution in [0.25, 0.3) is 22.3 Å². The molecule has 0 saturated heterocycles. The van der Waals surface area contributed by atoms with Crippen LogP contribution in [-0.4, -0.2) is 21.0 Å². The van der Waals surface area contributed by atoms with Crippen molar-refractivity contribution in [2.75, 3.05) is 0 Å². The van der Waals surface area contributed by atoms with Crippen LogP contribution in [0.4, 0.5) is 26.3 Å². The Morgan fingerprint density at radius 3 is 2.04 bits per heavy atom. The van der Waals surface area contributed by atoms with Crippen LogP contribution >= 0.6 is 0 Å². The highest BCUT2D eigenvalue weighted by atomic mass is 19.4. The van der Waals surface area contributed by atoms with Crippen LogP contribution in [0.5, 0.6) is 0 Å². The Kier molecular flexibility index (Phi) is 4.40. The lowest BCUT2D eigenvalue weighted by atomic mass is 10.0. The Labute approximate surface area is 151 Å². The van der Waals surface area contributed by atoms with Crippen molar-refractivity contribution in [2.45, 2.75) is 12.4 Å². The Balaban J connectivity index is 2.31. The molecule has 3 rings (SSSR count). The number of H-pyrrole nitrogens is 1. The number of fused-ring (bicyclic) bond motifs is 1. The molecule has 146 valence electrons. The van der Waals surface area contributed by atoms with Crippen LogP contribution in [0.15, 0.2) is 41.2 Å². The third-order valence-electron chi connectivity index (χ3n) is 3.83. The van der Waals surface area contributed by atoms with Gasteiger partial charge in [0, 0.05) is 5.56 Å². The van der Waals surface area contributed by atoms with E-state index >= 15 is 0 Å². The van der Waals surface area contributed by atoms with E-state index in [1.165, 1.54) is 12.1 Å². The van der Waals surface area contributed by atoms with E-state index in [4.69, 9.17) is 5.11 Å². The number of halogens is 6. The number of carboxylic acid groups (broad SMARTS) is 1. The number of alkyl halides is 6. The third kappa shape index (κ3) is 3.55. The van der Waals surface area contributed by atoms with Crippen molar-refractivity contribution < 1.29 is 36.2 Å². The summed E-state index contributed by atoms with van der Waals surface area (Å²) in [5, 5.41) is 8.77. The molecule has 2 N–H and O–H groups in total. The molecule has 0 amide bonds. The fourth-order valence-electron chi connectivity index (χ4n) is 2.60. The van der Waals surface area contributed by atoms with E-state index in [9.17, 15) is 35.9 Å². The molecule has 0 spiro atoms. The van der Waals surface area contributed by atoms with Gasteiger partial charge in [0.1, 0.15) is 5.82 Å². The molecule has 2 aromatic carbocycles. The molecule has 0 radical (unpaired) electrons. The minimum atomic E-state index is -5.07. The molecule has 11 heteroatoms. The Morgan fingerprint density at radius 1 is 0.964 bits per heavy atom. The van der Waals surface area contributed by atoms with Gasteiger partial charge in [-0.2, -0.15) is 26.3 Å². The van der Waals surface area contributed by atoms with Crippen LogP contribution in [0.3, 0.4) is 0 Å². The fourth-order valence-corrected chi connectivity index (χ4v) is 2.60. The zero-order chi connectivity index (χ0) is 20.9. The molecule has 3 aromatic rings. The van der Waals surface area contributed by atoms with Crippen LogP contribution in [0.1, 0.15) is 21.5 Å². The van der Waals surface area contributed by atoms with Crippen LogP contribution in [0.2, 0.25) is 0 Å². The lowest BCUT2D eigenvalue weighted by Gasteiger charge is -2.14. The fraction of sp³-hybridized carbons (Fsp3) is 0.118. The largest absolute Gasteiger partial charge is 0.478 e. The first-order chi connectivity index (χ1) is 12.9. The van der Waals surface area contributed by atoms with Gasteiger partial charge in [-0.3, -0.25) is 4.79 Å². The first-order valence-electron chi connectivity index (χ1n) is 7.44. The number of carboxylic acids is 1. The lowest BCUT2D eigenvalue weighted by molar-refractivity contribution is -0.143. The number of nitrogens with zero attached hydrogens (tertiary/aromatic N) is 1. The SMILES string of the molecule is O=C(O)c1cccc2nc(-c3cc(C(F)(F)F)cc(C(F)(F)F)c3)[nH]c(=O)c12. The highest BCUT2D eigenvalue weighted by molar-refractivity contribution is 6.02. The highest BCUT2D eigenvalue weighted by Gasteiger charge is 2.37. The second-order valence-electron chi connectivity index (χ2n) is 5.71. The molecule has 0 saturated carbocycles. The number of hydrogen-bond donors (Lipinski definition) is 2. The smallest absolute Gasteiger partial charge is 0.416 e. The molecule has 1 heterocycles. The van der Waals surface area contributed by atoms with Gasteiger partial charge in [-0.25, -0.2) is 9.78 Å². The first kappa shape index (κ1) is 19.4. The lowest BCUT2D eigenvalue weighted by Crippen LogP contribution is -2.15. The van der Waals surface area contributed by atoms with E-state index in [0.29, 0.717) is 12.1 Å². The van der Waals surface area contributed by atoms with E-state index in [-0.39, 0.29) is 17.0 Å². The summed E-state index contributed by atoms with van der Waals surface area (Å²) in [4.78, 5) is 29.4. The minimum Gasteiger partial charge on any atom is -0.478 e. The van der Waals surface area contributed by atoms with E-state index in [1.54, 1.807) is 0 Å². The van der Waals surface area contributed by atoms with Crippen LogP contribution in [-0.2, 0) is 12.4 Å². The Morgan fingerprint density at radius 2 is 1.54 bits per heavy atom. The normalized spacial score (nSPS) is 12.4. The number of nitrogens with one attached hydrogen (secondary N) is 1. The maximum absolute atomic E-state index is 13.0. The van der Waals surface area contributed by atoms with Gasteiger partial charge in [0.05, 0.1) is 27.6 Å². The van der Waals surface area contributed by atoms with Crippen molar-refractivity contribution in [3.63, 3.8) is 0 Å². The van der Waals surface area contributed by atoms with Gasteiger partial charge >= 0.3 is 18.3 Å². The summed E-state index contributed by atoms with van der Waals surface area (Å²) in [6.45, 7) is 0. The van der Waals surface area contributed by atoms with Crippen molar-refractivity contribution >= 4 is 16.9 Å². The number of aromatic amines is 1. The maximum Gasteiger partial charge on any atom is 0.416 e. The van der Waals surface area contributed by atoms with Gasteiger partial charge in [-0.1, -0.05) is 6.07 Å². The van der Waals surface area contributed by atoms with Crippen molar-refractivity contribution in [3.8, 4) is 11.4 Å². The van der Waals surface area contributed by atoms with E-state index < -0.39 is 52.0 Å². The van der Waals surface area contributed by atoms with Crippen molar-refractivity contribution in [1.82, 2.24) is 9.97 Å². The average molecular weight is 402 g/mol. The number of rotatable bonds is 2. The zero-order valence-electron chi connectivity index (χ0n) is 13.4. The summed E-state index contributed by atoms with van der Waals surface area (Å²) in [7, 11) is 0. The van der Waals surface area contributed by atoms with Crippen molar-refractivity contribution in [2.24, 2.45) is 0 Å². The molecule has 0 atom stereocenters. The minimum absolute atomic E-state index is 0.0504. The third-order valence-corrected chi connectivity index (χ3v) is 3.83. The number of aromatic carboxylic acids is 1. The molecule has 0 fully saturated rings. The second kappa shape index (κ2) is 6.36. The van der Waals surface area contributed by atoms with Gasteiger partial charge in [-0.15, -0.1) is 0 Å². The number of aromatic nitrogens is 2. The maximum atomic E-state index is 13.0. The number of hydrogen-bond acceptors (Lipinski definition) is 3. The molecule has 0 aliphatic heterocycles. The molecular weight excluding hydrogens is 394 g/mol. The molecular formula is C17H8F6N2O3. The predicted molar refractivity (Wildman–Crippen MR) is 84.8 cm³/mol. The molecule has 1 aromatic heterocycles. The van der Waals surface area contributed by atoms with Gasteiger partial charge in [0.15, 0.2) is 0 Å². The second-order valence-corrected chi connectivity index (χ2v) is 5.71. The first-order valence-corrected chi connectivity index (χ1v) is 7.44. The molecule has 5 nitrogen and oxygen atoms in total. The number of carbonyl (C=O) groups is 1. The van der Waals surface area contributed by atoms with E-state index in [0.717, 1.165) is 6.07 Å². The molecule has 0 bridgehead atoms. The quantitative estimate of drug-likeness (QED) is 0.626. The monoisotopic (exact) mass is 402 g/mol. The summed E-state index contributed by atoms with van der Waals surface area (Å²) < 4.78 is 78.0. The summed E-state index contributed by atoms with van der Waals surface area (Å²) in [5.74, 6) is -2.00. The van der Waals surface area contributed by atoms with Gasteiger partial charge in [-0.05, 0) is 30.3 Å². The predicted octanol–water partition coefficient (Wildman–Crippen LogP) is 4.33. The molecule has 28 heavy (non-hydrogen) atoms. The van der Waals surface area contributed by atoms with E-state index in [1.807, 2.05) is 0 Å². The standard InChI is InChI=1S/C17H8F6N2O3/c18-16(19,20)8-4-7(5-9(6-8)17(21,22)23)13-24-11-3-1-2-10(15(27)28)12(11)14(26)25-13/h1-6H,(H,27,28)(H,24,25,26). The molecule has 0 unspecified atom stereocenters. The van der Waals surface area contributed by atoms with Crippen molar-refractivity contribution in [3.05, 3.63) is 63.4 Å². The average Bonchev–Trinajstić information content (AvgIpc) is 2.59. The van der Waals surface area contributed by atoms with Gasteiger partial charge in [0.2, 0.25) is 0 Å². The Bertz CT molecular complexity index is 1120. The molecule has 0 aliphatic rings. The van der Waals surface area contributed by atoms with Crippen LogP contribution < -0.4 is 5.56 Å². The highest BCUT2D eigenvalue weighted by Crippen LogP contribution is 2.38. The Hall–Kier alpha value is -3.37. The van der Waals surface area contributed by atoms with Gasteiger partial charge < -0.3 is 10.1 Å².